The Morgan fingerprint density at radius 1 is 1.31 bits per heavy atom. The van der Waals surface area contributed by atoms with Gasteiger partial charge >= 0.3 is 0 Å². The summed E-state index contributed by atoms with van der Waals surface area (Å²) in [6.45, 7) is 9.66. The van der Waals surface area contributed by atoms with Crippen LogP contribution in [0.3, 0.4) is 0 Å². The minimum Gasteiger partial charge on any atom is -0.299 e. The van der Waals surface area contributed by atoms with Crippen LogP contribution in [0.25, 0.3) is 4.96 Å². The molecule has 26 heavy (non-hydrogen) atoms. The Hall–Kier alpha value is -1.76. The van der Waals surface area contributed by atoms with E-state index in [1.165, 1.54) is 25.1 Å². The molecule has 0 amide bonds. The van der Waals surface area contributed by atoms with Crippen LogP contribution in [0.15, 0.2) is 36.0 Å². The third-order valence-electron chi connectivity index (χ3n) is 5.42. The van der Waals surface area contributed by atoms with Crippen LogP contribution in [0.1, 0.15) is 36.8 Å². The summed E-state index contributed by atoms with van der Waals surface area (Å²) in [5, 5.41) is 2.12. The van der Waals surface area contributed by atoms with Crippen LogP contribution in [-0.2, 0) is 13.1 Å². The number of imidazole rings is 1. The Kier molecular flexibility index (Phi) is 5.33. The molecule has 138 valence electrons. The number of aromatic nitrogens is 3. The van der Waals surface area contributed by atoms with Crippen molar-refractivity contribution >= 4 is 16.3 Å². The number of thiazole rings is 1. The molecule has 4 rings (SSSR count). The quantitative estimate of drug-likeness (QED) is 0.638. The van der Waals surface area contributed by atoms with Gasteiger partial charge in [0.2, 0.25) is 0 Å². The minimum absolute atomic E-state index is 0.648. The second-order valence-corrected chi connectivity index (χ2v) is 7.99. The van der Waals surface area contributed by atoms with Crippen LogP contribution in [0.5, 0.6) is 0 Å². The normalized spacial score (nSPS) is 18.3. The summed E-state index contributed by atoms with van der Waals surface area (Å²) >= 11 is 1.70. The van der Waals surface area contributed by atoms with Crippen LogP contribution in [0.2, 0.25) is 0 Å². The number of nitrogens with zero attached hydrogens (tertiary/aromatic N) is 5. The number of hydrogen-bond acceptors (Lipinski definition) is 5. The topological polar surface area (TPSA) is 36.7 Å². The van der Waals surface area contributed by atoms with Gasteiger partial charge in [-0.3, -0.25) is 19.2 Å². The molecule has 1 aliphatic heterocycles. The maximum Gasteiger partial charge on any atom is 0.194 e. The second-order valence-electron chi connectivity index (χ2n) is 7.11. The number of aryl methyl sites for hydroxylation is 1. The van der Waals surface area contributed by atoms with Gasteiger partial charge in [-0.2, -0.15) is 0 Å². The number of hydrogen-bond donors (Lipinski definition) is 0. The molecule has 3 aromatic rings. The smallest absolute Gasteiger partial charge is 0.194 e. The van der Waals surface area contributed by atoms with Crippen LogP contribution >= 0.6 is 11.3 Å². The molecule has 0 bridgehead atoms. The van der Waals surface area contributed by atoms with Crippen molar-refractivity contribution in [2.45, 2.75) is 45.8 Å². The fraction of sp³-hybridized carbons (Fsp3) is 0.500. The first-order valence-corrected chi connectivity index (χ1v) is 10.4. The molecule has 1 saturated heterocycles. The summed E-state index contributed by atoms with van der Waals surface area (Å²) in [6, 6.07) is 6.84. The zero-order chi connectivity index (χ0) is 17.9. The minimum atomic E-state index is 0.648. The van der Waals surface area contributed by atoms with Gasteiger partial charge in [-0.05, 0) is 45.0 Å². The highest BCUT2D eigenvalue weighted by atomic mass is 32.1. The zero-order valence-corrected chi connectivity index (χ0v) is 16.5. The monoisotopic (exact) mass is 369 g/mol. The van der Waals surface area contributed by atoms with E-state index in [4.69, 9.17) is 4.98 Å². The lowest BCUT2D eigenvalue weighted by atomic mass is 10.2. The Balaban J connectivity index is 1.57. The Bertz CT molecular complexity index is 840. The van der Waals surface area contributed by atoms with Crippen molar-refractivity contribution in [3.8, 4) is 0 Å². The summed E-state index contributed by atoms with van der Waals surface area (Å²) in [7, 11) is 0. The molecule has 0 radical (unpaired) electrons. The highest BCUT2D eigenvalue weighted by Gasteiger charge is 2.26. The molecular weight excluding hydrogens is 342 g/mol. The van der Waals surface area contributed by atoms with E-state index in [0.717, 1.165) is 42.5 Å². The van der Waals surface area contributed by atoms with Gasteiger partial charge in [-0.1, -0.05) is 13.0 Å². The van der Waals surface area contributed by atoms with Gasteiger partial charge in [0.1, 0.15) is 0 Å². The fourth-order valence-electron chi connectivity index (χ4n) is 4.07. The van der Waals surface area contributed by atoms with Crippen molar-refractivity contribution < 1.29 is 0 Å². The van der Waals surface area contributed by atoms with Crippen molar-refractivity contribution in [2.75, 3.05) is 19.6 Å². The van der Waals surface area contributed by atoms with Crippen LogP contribution < -0.4 is 0 Å². The van der Waals surface area contributed by atoms with Gasteiger partial charge < -0.3 is 0 Å². The molecule has 4 heterocycles. The Morgan fingerprint density at radius 3 is 3.04 bits per heavy atom. The largest absolute Gasteiger partial charge is 0.299 e. The van der Waals surface area contributed by atoms with E-state index in [-0.39, 0.29) is 0 Å². The van der Waals surface area contributed by atoms with Gasteiger partial charge in [0.15, 0.2) is 4.96 Å². The standard InChI is InChI=1S/C20H27N5S/c1-3-24-10-6-8-18(24)14-23(13-17-7-4-5-9-21-17)15-19-16(2)22-20-25(19)11-12-26-20/h4-5,7,9,11-12,18H,3,6,8,10,13-15H2,1-2H3/t18-/m1/s1. The molecule has 6 heteroatoms. The van der Waals surface area contributed by atoms with Crippen molar-refractivity contribution in [3.63, 3.8) is 0 Å². The van der Waals surface area contributed by atoms with Crippen molar-refractivity contribution in [1.82, 2.24) is 24.2 Å². The molecule has 0 spiro atoms. The molecule has 3 aromatic heterocycles. The van der Waals surface area contributed by atoms with Crippen molar-refractivity contribution in [1.29, 1.82) is 0 Å². The number of rotatable bonds is 7. The first-order valence-electron chi connectivity index (χ1n) is 9.52. The van der Waals surface area contributed by atoms with E-state index < -0.39 is 0 Å². The average Bonchev–Trinajstić information content (AvgIpc) is 3.34. The van der Waals surface area contributed by atoms with Gasteiger partial charge in [0.05, 0.1) is 17.1 Å². The summed E-state index contributed by atoms with van der Waals surface area (Å²) < 4.78 is 2.25. The fourth-order valence-corrected chi connectivity index (χ4v) is 4.84. The molecule has 0 saturated carbocycles. The molecule has 1 aliphatic rings. The number of likely N-dealkylation sites (tertiary alicyclic amines) is 1. The highest BCUT2D eigenvalue weighted by molar-refractivity contribution is 7.15. The Labute approximate surface area is 159 Å². The van der Waals surface area contributed by atoms with Crippen molar-refractivity contribution in [3.05, 3.63) is 53.1 Å². The summed E-state index contributed by atoms with van der Waals surface area (Å²) in [6.07, 6.45) is 6.65. The third-order valence-corrected chi connectivity index (χ3v) is 6.18. The number of pyridine rings is 1. The molecule has 0 unspecified atom stereocenters. The van der Waals surface area contributed by atoms with Gasteiger partial charge in [0, 0.05) is 43.4 Å². The lowest BCUT2D eigenvalue weighted by Crippen LogP contribution is -2.40. The summed E-state index contributed by atoms with van der Waals surface area (Å²) in [5.41, 5.74) is 3.58. The van der Waals surface area contributed by atoms with Crippen LogP contribution in [-0.4, -0.2) is 49.8 Å². The predicted molar refractivity (Wildman–Crippen MR) is 106 cm³/mol. The predicted octanol–water partition coefficient (Wildman–Crippen LogP) is 3.59. The highest BCUT2D eigenvalue weighted by Crippen LogP contribution is 2.22. The molecule has 1 atom stereocenters. The van der Waals surface area contributed by atoms with E-state index in [0.29, 0.717) is 6.04 Å². The average molecular weight is 370 g/mol. The lowest BCUT2D eigenvalue weighted by molar-refractivity contribution is 0.163. The molecule has 0 aliphatic carbocycles. The third kappa shape index (κ3) is 3.68. The maximum absolute atomic E-state index is 4.72. The zero-order valence-electron chi connectivity index (χ0n) is 15.6. The maximum atomic E-state index is 4.72. The summed E-state index contributed by atoms with van der Waals surface area (Å²) in [5.74, 6) is 0. The van der Waals surface area contributed by atoms with E-state index in [1.807, 2.05) is 12.3 Å². The first-order chi connectivity index (χ1) is 12.7. The van der Waals surface area contributed by atoms with E-state index >= 15 is 0 Å². The van der Waals surface area contributed by atoms with Crippen LogP contribution in [0.4, 0.5) is 0 Å². The Morgan fingerprint density at radius 2 is 2.23 bits per heavy atom. The number of fused-ring (bicyclic) bond motifs is 1. The molecule has 1 fully saturated rings. The number of likely N-dealkylation sites (N-methyl/N-ethyl adjacent to an activating group) is 1. The first kappa shape index (κ1) is 17.6. The van der Waals surface area contributed by atoms with E-state index in [1.54, 1.807) is 11.3 Å². The summed E-state index contributed by atoms with van der Waals surface area (Å²) in [4.78, 5) is 15.5. The van der Waals surface area contributed by atoms with Crippen molar-refractivity contribution in [2.24, 2.45) is 0 Å². The van der Waals surface area contributed by atoms with Gasteiger partial charge in [0.25, 0.3) is 0 Å². The SMILES string of the molecule is CCN1CCC[C@@H]1CN(Cc1ccccn1)Cc1c(C)nc2sccn12. The van der Waals surface area contributed by atoms with Crippen LogP contribution in [0, 0.1) is 6.92 Å². The molecular formula is C20H27N5S. The second kappa shape index (κ2) is 7.86. The lowest BCUT2D eigenvalue weighted by Gasteiger charge is -2.30. The molecule has 0 N–H and O–H groups in total. The van der Waals surface area contributed by atoms with E-state index in [9.17, 15) is 0 Å². The van der Waals surface area contributed by atoms with Gasteiger partial charge in [-0.25, -0.2) is 4.98 Å². The van der Waals surface area contributed by atoms with Gasteiger partial charge in [-0.15, -0.1) is 11.3 Å². The van der Waals surface area contributed by atoms with E-state index in [2.05, 4.69) is 56.7 Å². The molecule has 0 aromatic carbocycles. The molecule has 5 nitrogen and oxygen atoms in total.